The quantitative estimate of drug-likeness (QED) is 0.861. The van der Waals surface area contributed by atoms with Crippen LogP contribution in [0.25, 0.3) is 0 Å². The maximum Gasteiger partial charge on any atom is 0.336 e. The first-order chi connectivity index (χ1) is 8.49. The van der Waals surface area contributed by atoms with Gasteiger partial charge < -0.3 is 10.2 Å². The molecule has 98 valence electrons. The molecule has 0 fully saturated rings. The number of aliphatic hydroxyl groups is 1. The monoisotopic (exact) mass is 248 g/mol. The molecule has 1 aromatic rings. The number of hydrogen-bond acceptors (Lipinski definition) is 2. The number of aliphatic carboxylic acids is 1. The highest BCUT2D eigenvalue weighted by Crippen LogP contribution is 2.43. The van der Waals surface area contributed by atoms with E-state index in [0.29, 0.717) is 12.8 Å². The lowest BCUT2D eigenvalue weighted by atomic mass is 9.79. The van der Waals surface area contributed by atoms with E-state index >= 15 is 0 Å². The van der Waals surface area contributed by atoms with E-state index in [2.05, 4.69) is 6.07 Å². The molecule has 0 heterocycles. The van der Waals surface area contributed by atoms with Crippen molar-refractivity contribution in [2.45, 2.75) is 51.0 Å². The van der Waals surface area contributed by atoms with Crippen LogP contribution in [0.1, 0.15) is 48.8 Å². The normalized spacial score (nSPS) is 21.4. The fraction of sp³-hybridized carbons (Fsp3) is 0.533. The molecule has 0 aliphatic heterocycles. The Labute approximate surface area is 107 Å². The van der Waals surface area contributed by atoms with Crippen LogP contribution in [0.5, 0.6) is 0 Å². The molecule has 0 aromatic heterocycles. The van der Waals surface area contributed by atoms with E-state index < -0.39 is 11.6 Å². The zero-order valence-corrected chi connectivity index (χ0v) is 10.9. The van der Waals surface area contributed by atoms with Crippen LogP contribution in [0.2, 0.25) is 0 Å². The molecule has 1 aliphatic rings. The van der Waals surface area contributed by atoms with Gasteiger partial charge in [0.15, 0.2) is 5.60 Å². The second kappa shape index (κ2) is 4.73. The molecule has 0 saturated carbocycles. The van der Waals surface area contributed by atoms with E-state index in [9.17, 15) is 15.0 Å². The van der Waals surface area contributed by atoms with Crippen molar-refractivity contribution in [1.82, 2.24) is 0 Å². The minimum atomic E-state index is -1.62. The molecule has 2 rings (SSSR count). The molecule has 3 heteroatoms. The molecule has 18 heavy (non-hydrogen) atoms. The topological polar surface area (TPSA) is 57.5 Å². The number of carboxylic acids is 1. The Bertz CT molecular complexity index is 467. The molecule has 2 unspecified atom stereocenters. The van der Waals surface area contributed by atoms with Crippen molar-refractivity contribution >= 4 is 5.97 Å². The molecule has 0 radical (unpaired) electrons. The number of rotatable bonds is 4. The highest BCUT2D eigenvalue weighted by Gasteiger charge is 2.46. The Morgan fingerprint density at radius 3 is 2.83 bits per heavy atom. The highest BCUT2D eigenvalue weighted by atomic mass is 16.4. The largest absolute Gasteiger partial charge is 0.479 e. The van der Waals surface area contributed by atoms with E-state index in [1.54, 1.807) is 0 Å². The molecule has 2 atom stereocenters. The first-order valence-electron chi connectivity index (χ1n) is 6.54. The van der Waals surface area contributed by atoms with Crippen LogP contribution >= 0.6 is 0 Å². The van der Waals surface area contributed by atoms with E-state index in [1.165, 1.54) is 5.56 Å². The van der Waals surface area contributed by atoms with E-state index in [4.69, 9.17) is 0 Å². The third-order valence-electron chi connectivity index (χ3n) is 3.96. The van der Waals surface area contributed by atoms with Gasteiger partial charge in [0.1, 0.15) is 0 Å². The molecule has 3 nitrogen and oxygen atoms in total. The Hall–Kier alpha value is -1.35. The summed E-state index contributed by atoms with van der Waals surface area (Å²) >= 11 is 0. The first kappa shape index (κ1) is 13.1. The van der Waals surface area contributed by atoms with Crippen molar-refractivity contribution in [1.29, 1.82) is 0 Å². The lowest BCUT2D eigenvalue weighted by Gasteiger charge is -2.30. The Morgan fingerprint density at radius 1 is 1.50 bits per heavy atom. The number of fused-ring (bicyclic) bond motifs is 1. The third-order valence-corrected chi connectivity index (χ3v) is 3.96. The Kier molecular flexibility index (Phi) is 3.44. The summed E-state index contributed by atoms with van der Waals surface area (Å²) in [7, 11) is 0. The molecular formula is C15H20O3. The summed E-state index contributed by atoms with van der Waals surface area (Å²) in [5.41, 5.74) is 1.70. The summed E-state index contributed by atoms with van der Waals surface area (Å²) in [6.07, 6.45) is 2.56. The summed E-state index contributed by atoms with van der Waals surface area (Å²) in [5, 5.41) is 19.9. The van der Waals surface area contributed by atoms with Crippen LogP contribution in [0.4, 0.5) is 0 Å². The SMILES string of the molecule is CCCC(O)(C(=O)O)C1CCc2ccc(C)cc21. The maximum absolute atomic E-state index is 11.4. The number of carbonyl (C=O) groups is 1. The smallest absolute Gasteiger partial charge is 0.336 e. The molecule has 0 amide bonds. The molecule has 0 bridgehead atoms. The van der Waals surface area contributed by atoms with Gasteiger partial charge in [0.2, 0.25) is 0 Å². The second-order valence-corrected chi connectivity index (χ2v) is 5.27. The second-order valence-electron chi connectivity index (χ2n) is 5.27. The van der Waals surface area contributed by atoms with Gasteiger partial charge in [-0.15, -0.1) is 0 Å². The summed E-state index contributed by atoms with van der Waals surface area (Å²) in [6.45, 7) is 3.90. The number of benzene rings is 1. The van der Waals surface area contributed by atoms with Gasteiger partial charge in [-0.3, -0.25) is 0 Å². The van der Waals surface area contributed by atoms with Crippen LogP contribution in [0, 0.1) is 6.92 Å². The summed E-state index contributed by atoms with van der Waals surface area (Å²) < 4.78 is 0. The Morgan fingerprint density at radius 2 is 2.22 bits per heavy atom. The van der Waals surface area contributed by atoms with Gasteiger partial charge in [-0.1, -0.05) is 37.1 Å². The van der Waals surface area contributed by atoms with Gasteiger partial charge in [0.25, 0.3) is 0 Å². The van der Waals surface area contributed by atoms with Crippen molar-refractivity contribution in [3.8, 4) is 0 Å². The molecule has 2 N–H and O–H groups in total. The van der Waals surface area contributed by atoms with Crippen molar-refractivity contribution in [3.05, 3.63) is 34.9 Å². The minimum Gasteiger partial charge on any atom is -0.479 e. The lowest BCUT2D eigenvalue weighted by Crippen LogP contribution is -2.43. The zero-order valence-electron chi connectivity index (χ0n) is 10.9. The third kappa shape index (κ3) is 2.03. The van der Waals surface area contributed by atoms with Gasteiger partial charge in [-0.05, 0) is 37.3 Å². The molecule has 0 spiro atoms. The summed E-state index contributed by atoms with van der Waals surface area (Å²) in [5.74, 6) is -1.37. The van der Waals surface area contributed by atoms with Crippen molar-refractivity contribution in [2.75, 3.05) is 0 Å². The van der Waals surface area contributed by atoms with Crippen LogP contribution in [-0.4, -0.2) is 21.8 Å². The average molecular weight is 248 g/mol. The van der Waals surface area contributed by atoms with Gasteiger partial charge >= 0.3 is 5.97 Å². The molecule has 1 aromatic carbocycles. The predicted molar refractivity (Wildman–Crippen MR) is 69.7 cm³/mol. The molecule has 0 saturated heterocycles. The standard InChI is InChI=1S/C15H20O3/c1-3-8-15(18,14(16)17)13-7-6-11-5-4-10(2)9-12(11)13/h4-5,9,13,18H,3,6-8H2,1-2H3,(H,16,17). The van der Waals surface area contributed by atoms with Crippen molar-refractivity contribution in [3.63, 3.8) is 0 Å². The Balaban J connectivity index is 2.42. The van der Waals surface area contributed by atoms with Crippen molar-refractivity contribution < 1.29 is 15.0 Å². The van der Waals surface area contributed by atoms with Crippen molar-refractivity contribution in [2.24, 2.45) is 0 Å². The highest BCUT2D eigenvalue weighted by molar-refractivity contribution is 5.79. The number of hydrogen-bond donors (Lipinski definition) is 2. The lowest BCUT2D eigenvalue weighted by molar-refractivity contribution is -0.162. The van der Waals surface area contributed by atoms with Crippen LogP contribution in [-0.2, 0) is 11.2 Å². The molecule has 1 aliphatic carbocycles. The summed E-state index contributed by atoms with van der Waals surface area (Å²) in [4.78, 5) is 11.4. The zero-order chi connectivity index (χ0) is 13.3. The van der Waals surface area contributed by atoms with E-state index in [-0.39, 0.29) is 5.92 Å². The maximum atomic E-state index is 11.4. The minimum absolute atomic E-state index is 0.273. The van der Waals surface area contributed by atoms with Gasteiger partial charge in [-0.2, -0.15) is 0 Å². The average Bonchev–Trinajstić information content (AvgIpc) is 2.72. The predicted octanol–water partition coefficient (Wildman–Crippen LogP) is 2.64. The first-order valence-corrected chi connectivity index (χ1v) is 6.54. The van der Waals surface area contributed by atoms with Crippen LogP contribution in [0.15, 0.2) is 18.2 Å². The molecular weight excluding hydrogens is 228 g/mol. The number of aryl methyl sites for hydroxylation is 2. The van der Waals surface area contributed by atoms with Gasteiger partial charge in [0.05, 0.1) is 0 Å². The van der Waals surface area contributed by atoms with E-state index in [1.807, 2.05) is 26.0 Å². The van der Waals surface area contributed by atoms with Gasteiger partial charge in [-0.25, -0.2) is 4.79 Å². The fourth-order valence-corrected chi connectivity index (χ4v) is 3.03. The van der Waals surface area contributed by atoms with Crippen LogP contribution in [0.3, 0.4) is 0 Å². The number of carboxylic acid groups (broad SMARTS) is 1. The summed E-state index contributed by atoms with van der Waals surface area (Å²) in [6, 6.07) is 6.12. The van der Waals surface area contributed by atoms with E-state index in [0.717, 1.165) is 24.0 Å². The van der Waals surface area contributed by atoms with Crippen LogP contribution < -0.4 is 0 Å². The van der Waals surface area contributed by atoms with Gasteiger partial charge in [0, 0.05) is 5.92 Å². The fourth-order valence-electron chi connectivity index (χ4n) is 3.03.